The fourth-order valence-corrected chi connectivity index (χ4v) is 3.23. The first-order valence-electron chi connectivity index (χ1n) is 8.01. The predicted molar refractivity (Wildman–Crippen MR) is 96.8 cm³/mol. The standard InChI is InChI=1S/C21H20N2/c1-21(2,3)18-11-7-10-15-12-13-17-14-22-20(23(17)19(15)18)16-8-5-4-6-9-16/h4-14H,1-3H3. The van der Waals surface area contributed by atoms with Crippen molar-refractivity contribution >= 4 is 16.4 Å². The Morgan fingerprint density at radius 2 is 1.61 bits per heavy atom. The Morgan fingerprint density at radius 1 is 0.826 bits per heavy atom. The summed E-state index contributed by atoms with van der Waals surface area (Å²) >= 11 is 0. The fraction of sp³-hybridized carbons (Fsp3) is 0.190. The molecule has 2 heterocycles. The summed E-state index contributed by atoms with van der Waals surface area (Å²) in [6, 6.07) is 21.3. The second-order valence-electron chi connectivity index (χ2n) is 7.03. The number of para-hydroxylation sites is 1. The van der Waals surface area contributed by atoms with E-state index in [1.165, 1.54) is 16.5 Å². The molecule has 0 bridgehead atoms. The molecule has 23 heavy (non-hydrogen) atoms. The van der Waals surface area contributed by atoms with E-state index in [1.807, 2.05) is 12.3 Å². The maximum Gasteiger partial charge on any atom is 0.144 e. The highest BCUT2D eigenvalue weighted by molar-refractivity contribution is 5.88. The molecule has 0 amide bonds. The minimum absolute atomic E-state index is 0.0754. The number of benzene rings is 2. The molecule has 2 aromatic heterocycles. The highest BCUT2D eigenvalue weighted by Crippen LogP contribution is 2.33. The van der Waals surface area contributed by atoms with Gasteiger partial charge >= 0.3 is 0 Å². The van der Waals surface area contributed by atoms with Crippen molar-refractivity contribution in [1.29, 1.82) is 0 Å². The van der Waals surface area contributed by atoms with E-state index in [1.54, 1.807) is 0 Å². The van der Waals surface area contributed by atoms with E-state index < -0.39 is 0 Å². The summed E-state index contributed by atoms with van der Waals surface area (Å²) in [6.07, 6.45) is 1.96. The SMILES string of the molecule is CC(C)(C)c1cccc2ccc3cnc(-c4ccccc4)n3c12. The third-order valence-electron chi connectivity index (χ3n) is 4.35. The van der Waals surface area contributed by atoms with Gasteiger partial charge in [-0.1, -0.05) is 75.4 Å². The van der Waals surface area contributed by atoms with Gasteiger partial charge in [-0.2, -0.15) is 0 Å². The highest BCUT2D eigenvalue weighted by atomic mass is 15.0. The second kappa shape index (κ2) is 4.95. The van der Waals surface area contributed by atoms with Crippen LogP contribution in [-0.4, -0.2) is 9.38 Å². The van der Waals surface area contributed by atoms with Crippen molar-refractivity contribution in [3.8, 4) is 11.4 Å². The zero-order valence-corrected chi connectivity index (χ0v) is 13.7. The number of fused-ring (bicyclic) bond motifs is 3. The van der Waals surface area contributed by atoms with Crippen molar-refractivity contribution in [3.05, 3.63) is 72.4 Å². The molecule has 0 aliphatic heterocycles. The van der Waals surface area contributed by atoms with Crippen molar-refractivity contribution in [2.45, 2.75) is 26.2 Å². The van der Waals surface area contributed by atoms with Gasteiger partial charge in [0.15, 0.2) is 0 Å². The molecule has 2 nitrogen and oxygen atoms in total. The molecule has 2 aromatic carbocycles. The van der Waals surface area contributed by atoms with E-state index in [4.69, 9.17) is 4.98 Å². The zero-order chi connectivity index (χ0) is 16.0. The van der Waals surface area contributed by atoms with E-state index in [0.29, 0.717) is 0 Å². The Morgan fingerprint density at radius 3 is 2.35 bits per heavy atom. The Hall–Kier alpha value is -2.61. The minimum Gasteiger partial charge on any atom is -0.292 e. The average molecular weight is 300 g/mol. The smallest absolute Gasteiger partial charge is 0.144 e. The number of hydrogen-bond acceptors (Lipinski definition) is 1. The first-order chi connectivity index (χ1) is 11.1. The van der Waals surface area contributed by atoms with E-state index in [9.17, 15) is 0 Å². The van der Waals surface area contributed by atoms with Crippen LogP contribution >= 0.6 is 0 Å². The van der Waals surface area contributed by atoms with E-state index in [2.05, 4.69) is 79.8 Å². The lowest BCUT2D eigenvalue weighted by molar-refractivity contribution is 0.594. The highest BCUT2D eigenvalue weighted by Gasteiger charge is 2.20. The van der Waals surface area contributed by atoms with E-state index in [0.717, 1.165) is 16.9 Å². The van der Waals surface area contributed by atoms with Gasteiger partial charge in [0.05, 0.1) is 17.2 Å². The van der Waals surface area contributed by atoms with E-state index in [-0.39, 0.29) is 5.41 Å². The Bertz CT molecular complexity index is 989. The molecular formula is C21H20N2. The maximum absolute atomic E-state index is 4.70. The molecule has 0 aliphatic rings. The Balaban J connectivity index is 2.18. The molecule has 0 saturated heterocycles. The van der Waals surface area contributed by atoms with Crippen LogP contribution in [0.3, 0.4) is 0 Å². The third-order valence-corrected chi connectivity index (χ3v) is 4.35. The summed E-state index contributed by atoms with van der Waals surface area (Å²) in [6.45, 7) is 6.79. The first kappa shape index (κ1) is 14.0. The number of pyridine rings is 1. The predicted octanol–water partition coefficient (Wildman–Crippen LogP) is 5.45. The van der Waals surface area contributed by atoms with Gasteiger partial charge in [-0.25, -0.2) is 4.98 Å². The summed E-state index contributed by atoms with van der Waals surface area (Å²) in [5.74, 6) is 1.00. The topological polar surface area (TPSA) is 17.3 Å². The van der Waals surface area contributed by atoms with E-state index >= 15 is 0 Å². The summed E-state index contributed by atoms with van der Waals surface area (Å²) < 4.78 is 2.30. The second-order valence-corrected chi connectivity index (χ2v) is 7.03. The van der Waals surface area contributed by atoms with Crippen molar-refractivity contribution in [3.63, 3.8) is 0 Å². The van der Waals surface area contributed by atoms with Gasteiger partial charge in [0.1, 0.15) is 5.82 Å². The van der Waals surface area contributed by atoms with Gasteiger partial charge in [-0.3, -0.25) is 4.40 Å². The molecule has 0 spiro atoms. The van der Waals surface area contributed by atoms with Gasteiger partial charge in [0.25, 0.3) is 0 Å². The van der Waals surface area contributed by atoms with Crippen LogP contribution in [0, 0.1) is 0 Å². The van der Waals surface area contributed by atoms with Crippen LogP contribution < -0.4 is 0 Å². The number of rotatable bonds is 1. The molecule has 4 rings (SSSR count). The van der Waals surface area contributed by atoms with Crippen molar-refractivity contribution < 1.29 is 0 Å². The minimum atomic E-state index is 0.0754. The van der Waals surface area contributed by atoms with Crippen LogP contribution in [0.15, 0.2) is 66.9 Å². The summed E-state index contributed by atoms with van der Waals surface area (Å²) in [4.78, 5) is 4.70. The first-order valence-corrected chi connectivity index (χ1v) is 8.01. The normalized spacial score (nSPS) is 12.1. The number of aromatic nitrogens is 2. The molecule has 4 aromatic rings. The molecule has 0 radical (unpaired) electrons. The van der Waals surface area contributed by atoms with Gasteiger partial charge in [-0.05, 0) is 22.4 Å². The van der Waals surface area contributed by atoms with Gasteiger partial charge in [0.2, 0.25) is 0 Å². The van der Waals surface area contributed by atoms with Crippen LogP contribution in [0.1, 0.15) is 26.3 Å². The summed E-state index contributed by atoms with van der Waals surface area (Å²) in [5.41, 5.74) is 4.95. The maximum atomic E-state index is 4.70. The average Bonchev–Trinajstić information content (AvgIpc) is 2.98. The lowest BCUT2D eigenvalue weighted by Gasteiger charge is -2.22. The number of nitrogens with zero attached hydrogens (tertiary/aromatic N) is 2. The zero-order valence-electron chi connectivity index (χ0n) is 13.7. The van der Waals surface area contributed by atoms with Crippen molar-refractivity contribution in [2.24, 2.45) is 0 Å². The lowest BCUT2D eigenvalue weighted by atomic mass is 9.85. The van der Waals surface area contributed by atoms with Crippen LogP contribution in [-0.2, 0) is 5.41 Å². The molecule has 0 N–H and O–H groups in total. The Labute approximate surface area is 136 Å². The fourth-order valence-electron chi connectivity index (χ4n) is 3.23. The molecule has 114 valence electrons. The monoisotopic (exact) mass is 300 g/mol. The summed E-state index contributed by atoms with van der Waals surface area (Å²) in [7, 11) is 0. The van der Waals surface area contributed by atoms with Crippen LogP contribution in [0.4, 0.5) is 0 Å². The molecule has 0 atom stereocenters. The van der Waals surface area contributed by atoms with Crippen LogP contribution in [0.2, 0.25) is 0 Å². The molecule has 0 saturated carbocycles. The third kappa shape index (κ3) is 2.22. The van der Waals surface area contributed by atoms with Gasteiger partial charge in [-0.15, -0.1) is 0 Å². The number of hydrogen-bond donors (Lipinski definition) is 0. The molecule has 0 fully saturated rings. The molecule has 2 heteroatoms. The van der Waals surface area contributed by atoms with Gasteiger partial charge in [0, 0.05) is 5.56 Å². The largest absolute Gasteiger partial charge is 0.292 e. The summed E-state index contributed by atoms with van der Waals surface area (Å²) in [5, 5.41) is 1.25. The van der Waals surface area contributed by atoms with Crippen molar-refractivity contribution in [2.75, 3.05) is 0 Å². The van der Waals surface area contributed by atoms with Gasteiger partial charge < -0.3 is 0 Å². The van der Waals surface area contributed by atoms with Crippen LogP contribution in [0.25, 0.3) is 27.8 Å². The lowest BCUT2D eigenvalue weighted by Crippen LogP contribution is -2.13. The number of imidazole rings is 1. The molecular weight excluding hydrogens is 280 g/mol. The van der Waals surface area contributed by atoms with Crippen molar-refractivity contribution in [1.82, 2.24) is 9.38 Å². The molecule has 0 unspecified atom stereocenters. The quantitative estimate of drug-likeness (QED) is 0.457. The Kier molecular flexibility index (Phi) is 3.02. The van der Waals surface area contributed by atoms with Crippen LogP contribution in [0.5, 0.6) is 0 Å². The molecule has 0 aliphatic carbocycles.